The molecule has 6 aromatic rings. The smallest absolute Gasteiger partial charge is 0.197 e. The monoisotopic (exact) mass is 415 g/mol. The Balaban J connectivity index is 1.73. The molecule has 0 amide bonds. The fraction of sp³-hybridized carbons (Fsp3) is 0.107. The Bertz CT molecular complexity index is 1660. The average molecular weight is 415 g/mol. The van der Waals surface area contributed by atoms with E-state index in [1.165, 1.54) is 27.8 Å². The van der Waals surface area contributed by atoms with E-state index < -0.39 is 0 Å². The van der Waals surface area contributed by atoms with Crippen molar-refractivity contribution in [2.45, 2.75) is 19.4 Å². The van der Waals surface area contributed by atoms with Crippen molar-refractivity contribution in [3.63, 3.8) is 0 Å². The summed E-state index contributed by atoms with van der Waals surface area (Å²) in [5, 5.41) is 15.2. The molecule has 4 nitrogen and oxygen atoms in total. The molecule has 1 aliphatic rings. The van der Waals surface area contributed by atoms with E-state index in [9.17, 15) is 5.11 Å². The highest BCUT2D eigenvalue weighted by Gasteiger charge is 2.27. The van der Waals surface area contributed by atoms with Gasteiger partial charge in [0.2, 0.25) is 0 Å². The van der Waals surface area contributed by atoms with Crippen LogP contribution in [0.4, 0.5) is 0 Å². The van der Waals surface area contributed by atoms with Crippen LogP contribution >= 0.6 is 0 Å². The van der Waals surface area contributed by atoms with Gasteiger partial charge in [0.15, 0.2) is 5.88 Å². The van der Waals surface area contributed by atoms with Crippen LogP contribution in [0, 0.1) is 0 Å². The standard InChI is InChI=1S/C28H21N3O/c32-28-26-22(15-30-28)20-13-12-17-7-1-2-9-19(17)24(20)27-25(26)21-10-3-4-11-23(21)31(27)16-18-8-5-6-14-29-18/h1-11,14-15,30,32H,12-13,16H2. The summed E-state index contributed by atoms with van der Waals surface area (Å²) in [6, 6.07) is 23.3. The Hall–Kier alpha value is -4.05. The molecule has 0 spiro atoms. The van der Waals surface area contributed by atoms with Crippen molar-refractivity contribution in [2.75, 3.05) is 0 Å². The van der Waals surface area contributed by atoms with Gasteiger partial charge in [-0.25, -0.2) is 0 Å². The molecule has 0 saturated heterocycles. The number of pyridine rings is 1. The van der Waals surface area contributed by atoms with E-state index in [1.807, 2.05) is 24.5 Å². The van der Waals surface area contributed by atoms with Crippen molar-refractivity contribution < 1.29 is 5.11 Å². The third kappa shape index (κ3) is 2.29. The molecule has 3 aromatic heterocycles. The summed E-state index contributed by atoms with van der Waals surface area (Å²) in [6.07, 6.45) is 5.79. The molecule has 4 heteroatoms. The van der Waals surface area contributed by atoms with Crippen molar-refractivity contribution in [1.82, 2.24) is 14.5 Å². The van der Waals surface area contributed by atoms with Gasteiger partial charge in [-0.3, -0.25) is 4.98 Å². The predicted octanol–water partition coefficient (Wildman–Crippen LogP) is 6.19. The van der Waals surface area contributed by atoms with Gasteiger partial charge in [0.25, 0.3) is 0 Å². The zero-order valence-corrected chi connectivity index (χ0v) is 17.5. The predicted molar refractivity (Wildman–Crippen MR) is 129 cm³/mol. The van der Waals surface area contributed by atoms with Crippen molar-refractivity contribution in [3.05, 3.63) is 95.9 Å². The Kier molecular flexibility index (Phi) is 3.56. The average Bonchev–Trinajstić information content (AvgIpc) is 3.38. The summed E-state index contributed by atoms with van der Waals surface area (Å²) in [5.41, 5.74) is 8.65. The van der Waals surface area contributed by atoms with Crippen LogP contribution in [0.1, 0.15) is 16.8 Å². The highest BCUT2D eigenvalue weighted by Crippen LogP contribution is 2.48. The second-order valence-electron chi connectivity index (χ2n) is 8.58. The molecule has 2 N–H and O–H groups in total. The first-order valence-electron chi connectivity index (χ1n) is 11.1. The zero-order valence-electron chi connectivity index (χ0n) is 17.5. The number of aromatic hydroxyl groups is 1. The first-order chi connectivity index (χ1) is 15.8. The van der Waals surface area contributed by atoms with Crippen LogP contribution in [0.15, 0.2) is 79.1 Å². The molecule has 0 radical (unpaired) electrons. The SMILES string of the molecule is Oc1[nH]cc2c3c(c4c(c5ccccc5n4Cc4ccccn4)c12)-c1ccccc1CC3. The third-order valence-corrected chi connectivity index (χ3v) is 6.92. The lowest BCUT2D eigenvalue weighted by Gasteiger charge is -2.23. The first kappa shape index (κ1) is 17.6. The summed E-state index contributed by atoms with van der Waals surface area (Å²) in [7, 11) is 0. The maximum absolute atomic E-state index is 10.9. The minimum atomic E-state index is 0.243. The highest BCUT2D eigenvalue weighted by atomic mass is 16.3. The molecule has 154 valence electrons. The minimum absolute atomic E-state index is 0.243. The largest absolute Gasteiger partial charge is 0.494 e. The Morgan fingerprint density at radius 1 is 0.875 bits per heavy atom. The van der Waals surface area contributed by atoms with Crippen LogP contribution in [0.25, 0.3) is 43.7 Å². The van der Waals surface area contributed by atoms with Gasteiger partial charge in [0.05, 0.1) is 23.1 Å². The molecule has 1 aliphatic carbocycles. The van der Waals surface area contributed by atoms with Crippen LogP contribution < -0.4 is 0 Å². The quantitative estimate of drug-likeness (QED) is 0.354. The Labute approximate surface area is 184 Å². The number of aromatic nitrogens is 3. The van der Waals surface area contributed by atoms with E-state index >= 15 is 0 Å². The highest BCUT2D eigenvalue weighted by molar-refractivity contribution is 6.27. The minimum Gasteiger partial charge on any atom is -0.494 e. The topological polar surface area (TPSA) is 53.8 Å². The van der Waals surface area contributed by atoms with Crippen molar-refractivity contribution in [1.29, 1.82) is 0 Å². The maximum atomic E-state index is 10.9. The normalized spacial score (nSPS) is 13.0. The van der Waals surface area contributed by atoms with Crippen molar-refractivity contribution in [3.8, 4) is 17.0 Å². The number of hydrogen-bond acceptors (Lipinski definition) is 2. The third-order valence-electron chi connectivity index (χ3n) is 6.92. The molecule has 0 saturated carbocycles. The molecular formula is C28H21N3O. The van der Waals surface area contributed by atoms with Crippen LogP contribution in [0.5, 0.6) is 5.88 Å². The second-order valence-corrected chi connectivity index (χ2v) is 8.58. The van der Waals surface area contributed by atoms with Gasteiger partial charge in [0, 0.05) is 39.6 Å². The summed E-state index contributed by atoms with van der Waals surface area (Å²) in [4.78, 5) is 7.72. The lowest BCUT2D eigenvalue weighted by Crippen LogP contribution is -2.08. The fourth-order valence-electron chi connectivity index (χ4n) is 5.61. The summed E-state index contributed by atoms with van der Waals surface area (Å²) < 4.78 is 2.39. The van der Waals surface area contributed by atoms with Gasteiger partial charge in [-0.2, -0.15) is 0 Å². The number of benzene rings is 3. The number of H-pyrrole nitrogens is 1. The second kappa shape index (κ2) is 6.47. The molecule has 7 rings (SSSR count). The number of nitrogens with zero attached hydrogens (tertiary/aromatic N) is 2. The van der Waals surface area contributed by atoms with E-state index in [0.717, 1.165) is 45.6 Å². The van der Waals surface area contributed by atoms with E-state index in [-0.39, 0.29) is 5.88 Å². The van der Waals surface area contributed by atoms with Crippen LogP contribution in [-0.2, 0) is 19.4 Å². The number of aryl methyl sites for hydroxylation is 2. The number of nitrogens with one attached hydrogen (secondary N) is 1. The number of aromatic amines is 1. The summed E-state index contributed by atoms with van der Waals surface area (Å²) in [6.45, 7) is 0.677. The summed E-state index contributed by atoms with van der Waals surface area (Å²) in [5.74, 6) is 0.243. The number of fused-ring (bicyclic) bond motifs is 10. The van der Waals surface area contributed by atoms with Crippen LogP contribution in [-0.4, -0.2) is 19.6 Å². The molecule has 0 unspecified atom stereocenters. The van der Waals surface area contributed by atoms with Crippen LogP contribution in [0.2, 0.25) is 0 Å². The molecule has 0 aliphatic heterocycles. The molecule has 0 bridgehead atoms. The first-order valence-corrected chi connectivity index (χ1v) is 11.1. The van der Waals surface area contributed by atoms with E-state index in [2.05, 4.69) is 69.1 Å². The molecular weight excluding hydrogens is 394 g/mol. The van der Waals surface area contributed by atoms with Gasteiger partial charge in [-0.15, -0.1) is 0 Å². The zero-order chi connectivity index (χ0) is 21.2. The number of hydrogen-bond donors (Lipinski definition) is 2. The number of rotatable bonds is 2. The lowest BCUT2D eigenvalue weighted by molar-refractivity contribution is 0.463. The van der Waals surface area contributed by atoms with Crippen molar-refractivity contribution in [2.24, 2.45) is 0 Å². The number of para-hydroxylation sites is 1. The summed E-state index contributed by atoms with van der Waals surface area (Å²) >= 11 is 0. The van der Waals surface area contributed by atoms with Gasteiger partial charge in [0.1, 0.15) is 0 Å². The molecule has 32 heavy (non-hydrogen) atoms. The van der Waals surface area contributed by atoms with E-state index in [4.69, 9.17) is 0 Å². The van der Waals surface area contributed by atoms with Gasteiger partial charge >= 0.3 is 0 Å². The molecule has 0 atom stereocenters. The fourth-order valence-corrected chi connectivity index (χ4v) is 5.61. The molecule has 3 heterocycles. The Morgan fingerprint density at radius 3 is 2.62 bits per heavy atom. The van der Waals surface area contributed by atoms with Gasteiger partial charge in [-0.1, -0.05) is 48.5 Å². The van der Waals surface area contributed by atoms with Crippen molar-refractivity contribution >= 4 is 32.6 Å². The van der Waals surface area contributed by atoms with Gasteiger partial charge in [-0.05, 0) is 47.7 Å². The molecule has 3 aromatic carbocycles. The van der Waals surface area contributed by atoms with E-state index in [1.54, 1.807) is 0 Å². The molecule has 0 fully saturated rings. The van der Waals surface area contributed by atoms with Gasteiger partial charge < -0.3 is 14.7 Å². The Morgan fingerprint density at radius 2 is 1.72 bits per heavy atom. The van der Waals surface area contributed by atoms with E-state index in [0.29, 0.717) is 6.54 Å². The maximum Gasteiger partial charge on any atom is 0.197 e. The van der Waals surface area contributed by atoms with Crippen LogP contribution in [0.3, 0.4) is 0 Å². The lowest BCUT2D eigenvalue weighted by atomic mass is 9.82.